The van der Waals surface area contributed by atoms with Gasteiger partial charge < -0.3 is 0 Å². The number of aromatic nitrogens is 2. The zero-order chi connectivity index (χ0) is 6.97. The summed E-state index contributed by atoms with van der Waals surface area (Å²) >= 11 is 0. The molecule has 0 amide bonds. The number of carbonyl (C=O) groups is 1. The lowest BCUT2D eigenvalue weighted by atomic mass is 10.3. The lowest BCUT2D eigenvalue weighted by Gasteiger charge is -1.90. The number of allylic oxidation sites excluding steroid dienone is 1. The van der Waals surface area contributed by atoms with E-state index in [2.05, 4.69) is 9.97 Å². The summed E-state index contributed by atoms with van der Waals surface area (Å²) in [5.74, 6) is -0.0527. The van der Waals surface area contributed by atoms with Crippen LogP contribution >= 0.6 is 0 Å². The lowest BCUT2D eigenvalue weighted by molar-refractivity contribution is 0.104. The van der Waals surface area contributed by atoms with Crippen LogP contribution in [0.1, 0.15) is 16.2 Å². The molecule has 48 valence electrons. The Hall–Kier alpha value is -1.51. The van der Waals surface area contributed by atoms with Gasteiger partial charge in [-0.3, -0.25) is 9.78 Å². The molecule has 2 rings (SSSR count). The van der Waals surface area contributed by atoms with E-state index in [9.17, 15) is 4.79 Å². The number of fused-ring (bicyclic) bond motifs is 1. The zero-order valence-electron chi connectivity index (χ0n) is 5.11. The first-order valence-electron chi connectivity index (χ1n) is 2.91. The zero-order valence-corrected chi connectivity index (χ0v) is 5.11. The first-order chi connectivity index (χ1) is 4.88. The van der Waals surface area contributed by atoms with Gasteiger partial charge in [0.15, 0.2) is 0 Å². The van der Waals surface area contributed by atoms with Crippen molar-refractivity contribution in [2.45, 2.75) is 0 Å². The molecule has 0 radical (unpaired) electrons. The maximum Gasteiger partial charge on any atom is 0.206 e. The summed E-state index contributed by atoms with van der Waals surface area (Å²) in [6.45, 7) is 0. The molecule has 0 saturated heterocycles. The fraction of sp³-hybridized carbons (Fsp3) is 0. The van der Waals surface area contributed by atoms with Crippen LogP contribution in [0.5, 0.6) is 0 Å². The quantitative estimate of drug-likeness (QED) is 0.521. The van der Waals surface area contributed by atoms with E-state index in [1.165, 1.54) is 12.3 Å². The second-order valence-electron chi connectivity index (χ2n) is 1.99. The number of ketones is 1. The van der Waals surface area contributed by atoms with Crippen molar-refractivity contribution >= 4 is 11.9 Å². The summed E-state index contributed by atoms with van der Waals surface area (Å²) in [6, 6.07) is 0. The van der Waals surface area contributed by atoms with E-state index >= 15 is 0 Å². The SMILES string of the molecule is O=C1C=Cc2nccnc21. The number of rotatable bonds is 0. The summed E-state index contributed by atoms with van der Waals surface area (Å²) < 4.78 is 0. The Labute approximate surface area is 57.4 Å². The highest BCUT2D eigenvalue weighted by Crippen LogP contribution is 2.12. The van der Waals surface area contributed by atoms with Gasteiger partial charge in [0.2, 0.25) is 5.78 Å². The van der Waals surface area contributed by atoms with E-state index in [1.807, 2.05) is 0 Å². The average Bonchev–Trinajstić information content (AvgIpc) is 2.34. The van der Waals surface area contributed by atoms with Crippen LogP contribution in [0.4, 0.5) is 0 Å². The highest BCUT2D eigenvalue weighted by atomic mass is 16.1. The molecule has 0 spiro atoms. The molecule has 1 aliphatic rings. The monoisotopic (exact) mass is 132 g/mol. The van der Waals surface area contributed by atoms with Gasteiger partial charge in [-0.1, -0.05) is 0 Å². The molecule has 0 bridgehead atoms. The van der Waals surface area contributed by atoms with Gasteiger partial charge >= 0.3 is 0 Å². The van der Waals surface area contributed by atoms with Crippen LogP contribution in [0.25, 0.3) is 6.08 Å². The minimum atomic E-state index is -0.0527. The molecule has 0 N–H and O–H groups in total. The van der Waals surface area contributed by atoms with Crippen LogP contribution in [-0.4, -0.2) is 15.8 Å². The van der Waals surface area contributed by atoms with Crippen molar-refractivity contribution in [1.29, 1.82) is 0 Å². The minimum absolute atomic E-state index is 0.0527. The second kappa shape index (κ2) is 1.73. The molecule has 0 aromatic carbocycles. The minimum Gasteiger partial charge on any atom is -0.287 e. The molecule has 10 heavy (non-hydrogen) atoms. The van der Waals surface area contributed by atoms with Crippen LogP contribution < -0.4 is 0 Å². The summed E-state index contributed by atoms with van der Waals surface area (Å²) in [7, 11) is 0. The fourth-order valence-corrected chi connectivity index (χ4v) is 0.894. The normalized spacial score (nSPS) is 13.8. The molecular formula is C7H4N2O. The predicted octanol–water partition coefficient (Wildman–Crippen LogP) is 0.686. The molecule has 1 aliphatic carbocycles. The van der Waals surface area contributed by atoms with Crippen LogP contribution in [0.2, 0.25) is 0 Å². The molecule has 0 unspecified atom stereocenters. The summed E-state index contributed by atoms with van der Waals surface area (Å²) in [5.41, 5.74) is 1.13. The van der Waals surface area contributed by atoms with Crippen molar-refractivity contribution in [1.82, 2.24) is 9.97 Å². The van der Waals surface area contributed by atoms with Gasteiger partial charge in [-0.05, 0) is 12.2 Å². The maximum atomic E-state index is 10.9. The Morgan fingerprint density at radius 1 is 1.10 bits per heavy atom. The van der Waals surface area contributed by atoms with Gasteiger partial charge in [0, 0.05) is 12.4 Å². The van der Waals surface area contributed by atoms with Crippen LogP contribution in [0, 0.1) is 0 Å². The summed E-state index contributed by atoms with van der Waals surface area (Å²) in [6.07, 6.45) is 6.24. The van der Waals surface area contributed by atoms with Gasteiger partial charge in [-0.15, -0.1) is 0 Å². The van der Waals surface area contributed by atoms with Crippen LogP contribution in [0.15, 0.2) is 18.5 Å². The molecule has 1 aromatic rings. The summed E-state index contributed by atoms with van der Waals surface area (Å²) in [4.78, 5) is 18.7. The van der Waals surface area contributed by atoms with Crippen molar-refractivity contribution in [2.75, 3.05) is 0 Å². The van der Waals surface area contributed by atoms with Gasteiger partial charge in [0.25, 0.3) is 0 Å². The predicted molar refractivity (Wildman–Crippen MR) is 35.4 cm³/mol. The van der Waals surface area contributed by atoms with Gasteiger partial charge in [-0.25, -0.2) is 4.98 Å². The average molecular weight is 132 g/mol. The Morgan fingerprint density at radius 3 is 2.70 bits per heavy atom. The van der Waals surface area contributed by atoms with Crippen molar-refractivity contribution in [2.24, 2.45) is 0 Å². The molecule has 0 fully saturated rings. The van der Waals surface area contributed by atoms with Gasteiger partial charge in [0.1, 0.15) is 5.69 Å². The van der Waals surface area contributed by atoms with Crippen molar-refractivity contribution in [3.63, 3.8) is 0 Å². The fourth-order valence-electron chi connectivity index (χ4n) is 0.894. The smallest absolute Gasteiger partial charge is 0.206 e. The molecular weight excluding hydrogens is 128 g/mol. The third-order valence-corrected chi connectivity index (χ3v) is 1.35. The lowest BCUT2D eigenvalue weighted by Crippen LogP contribution is -1.96. The van der Waals surface area contributed by atoms with Crippen LogP contribution in [0.3, 0.4) is 0 Å². The van der Waals surface area contributed by atoms with Crippen LogP contribution in [-0.2, 0) is 0 Å². The standard InChI is InChI=1S/C7H4N2O/c10-6-2-1-5-7(6)9-4-3-8-5/h1-4H. The highest BCUT2D eigenvalue weighted by Gasteiger charge is 2.14. The van der Waals surface area contributed by atoms with E-state index in [4.69, 9.17) is 0 Å². The number of hydrogen-bond acceptors (Lipinski definition) is 3. The Morgan fingerprint density at radius 2 is 1.90 bits per heavy atom. The third kappa shape index (κ3) is 0.572. The molecule has 1 aromatic heterocycles. The second-order valence-corrected chi connectivity index (χ2v) is 1.99. The van der Waals surface area contributed by atoms with Gasteiger partial charge in [-0.2, -0.15) is 0 Å². The van der Waals surface area contributed by atoms with E-state index in [0.717, 1.165) is 0 Å². The molecule has 0 atom stereocenters. The maximum absolute atomic E-state index is 10.9. The third-order valence-electron chi connectivity index (χ3n) is 1.35. The Kier molecular flexibility index (Phi) is 0.917. The molecule has 0 saturated carbocycles. The van der Waals surface area contributed by atoms with Crippen molar-refractivity contribution in [3.8, 4) is 0 Å². The molecule has 3 heteroatoms. The van der Waals surface area contributed by atoms with Gasteiger partial charge in [0.05, 0.1) is 5.69 Å². The van der Waals surface area contributed by atoms with Crippen molar-refractivity contribution in [3.05, 3.63) is 29.9 Å². The van der Waals surface area contributed by atoms with Crippen molar-refractivity contribution < 1.29 is 4.79 Å². The Balaban J connectivity index is 2.70. The number of hydrogen-bond donors (Lipinski definition) is 0. The molecule has 3 nitrogen and oxygen atoms in total. The van der Waals surface area contributed by atoms with E-state index in [-0.39, 0.29) is 5.78 Å². The first-order valence-corrected chi connectivity index (χ1v) is 2.91. The topological polar surface area (TPSA) is 42.9 Å². The molecule has 1 heterocycles. The van der Waals surface area contributed by atoms with E-state index in [1.54, 1.807) is 12.3 Å². The first kappa shape index (κ1) is 5.29. The summed E-state index contributed by atoms with van der Waals surface area (Å²) in [5, 5.41) is 0. The Bertz CT molecular complexity index is 317. The highest BCUT2D eigenvalue weighted by molar-refractivity contribution is 6.11. The largest absolute Gasteiger partial charge is 0.287 e. The molecule has 0 aliphatic heterocycles. The number of carbonyl (C=O) groups excluding carboxylic acids is 1. The number of nitrogens with zero attached hydrogens (tertiary/aromatic N) is 2. The van der Waals surface area contributed by atoms with E-state index < -0.39 is 0 Å². The van der Waals surface area contributed by atoms with E-state index in [0.29, 0.717) is 11.4 Å².